The quantitative estimate of drug-likeness (QED) is 0.583. The predicted molar refractivity (Wildman–Crippen MR) is 99.9 cm³/mol. The molecule has 4 heteroatoms. The van der Waals surface area contributed by atoms with E-state index < -0.39 is 0 Å². The molecule has 0 aromatic rings. The van der Waals surface area contributed by atoms with Crippen LogP contribution >= 0.6 is 0 Å². The van der Waals surface area contributed by atoms with Crippen LogP contribution in [0.4, 0.5) is 0 Å². The van der Waals surface area contributed by atoms with Crippen molar-refractivity contribution in [1.29, 1.82) is 0 Å². The minimum Gasteiger partial charge on any atom is -0.356 e. The zero-order valence-corrected chi connectivity index (χ0v) is 15.8. The lowest BCUT2D eigenvalue weighted by Crippen LogP contribution is -2.46. The molecule has 0 bridgehead atoms. The summed E-state index contributed by atoms with van der Waals surface area (Å²) in [5.41, 5.74) is 0. The molecule has 0 aromatic heterocycles. The molecule has 2 aliphatic rings. The van der Waals surface area contributed by atoms with E-state index in [1.165, 1.54) is 58.2 Å². The minimum atomic E-state index is 0.608. The monoisotopic (exact) mass is 322 g/mol. The Morgan fingerprint density at radius 3 is 2.52 bits per heavy atom. The number of hydrogen-bond acceptors (Lipinski definition) is 2. The van der Waals surface area contributed by atoms with E-state index >= 15 is 0 Å². The fraction of sp³-hybridized carbons (Fsp3) is 0.947. The van der Waals surface area contributed by atoms with Crippen molar-refractivity contribution in [2.75, 3.05) is 33.2 Å². The summed E-state index contributed by atoms with van der Waals surface area (Å²) in [5.74, 6) is 3.54. The van der Waals surface area contributed by atoms with Gasteiger partial charge in [0.25, 0.3) is 0 Å². The van der Waals surface area contributed by atoms with Gasteiger partial charge < -0.3 is 15.5 Å². The van der Waals surface area contributed by atoms with Crippen LogP contribution in [-0.2, 0) is 0 Å². The van der Waals surface area contributed by atoms with Crippen LogP contribution in [0.25, 0.3) is 0 Å². The average molecular weight is 323 g/mol. The van der Waals surface area contributed by atoms with Crippen molar-refractivity contribution in [1.82, 2.24) is 15.5 Å². The van der Waals surface area contributed by atoms with Crippen LogP contribution in [0.5, 0.6) is 0 Å². The Morgan fingerprint density at radius 1 is 1.17 bits per heavy atom. The van der Waals surface area contributed by atoms with Gasteiger partial charge in [-0.25, -0.2) is 0 Å². The van der Waals surface area contributed by atoms with Gasteiger partial charge in [0.2, 0.25) is 0 Å². The summed E-state index contributed by atoms with van der Waals surface area (Å²) in [6, 6.07) is 0.608. The summed E-state index contributed by atoms with van der Waals surface area (Å²) >= 11 is 0. The summed E-state index contributed by atoms with van der Waals surface area (Å²) in [6.45, 7) is 11.8. The van der Waals surface area contributed by atoms with E-state index in [9.17, 15) is 0 Å². The molecule has 23 heavy (non-hydrogen) atoms. The third kappa shape index (κ3) is 5.98. The highest BCUT2D eigenvalue weighted by atomic mass is 15.2. The molecule has 1 aliphatic carbocycles. The van der Waals surface area contributed by atoms with Crippen molar-refractivity contribution in [2.24, 2.45) is 22.7 Å². The molecule has 4 nitrogen and oxygen atoms in total. The second-order valence-electron chi connectivity index (χ2n) is 7.91. The zero-order chi connectivity index (χ0) is 16.7. The molecule has 0 amide bonds. The van der Waals surface area contributed by atoms with Crippen LogP contribution in [0.2, 0.25) is 0 Å². The van der Waals surface area contributed by atoms with Crippen molar-refractivity contribution < 1.29 is 0 Å². The number of nitrogens with zero attached hydrogens (tertiary/aromatic N) is 2. The molecule has 1 saturated carbocycles. The number of aliphatic imine (C=N–C) groups is 1. The SMILES string of the molecule is CCCN1CCC(CNC(=NC)NC2CCC(C(C)C)CC2)C1. The highest BCUT2D eigenvalue weighted by Gasteiger charge is 2.25. The Morgan fingerprint density at radius 2 is 1.91 bits per heavy atom. The first-order valence-corrected chi connectivity index (χ1v) is 9.81. The third-order valence-electron chi connectivity index (χ3n) is 5.75. The second-order valence-corrected chi connectivity index (χ2v) is 7.91. The molecule has 1 atom stereocenters. The third-order valence-corrected chi connectivity index (χ3v) is 5.75. The molecular formula is C19H38N4. The molecule has 2 fully saturated rings. The first kappa shape index (κ1) is 18.6. The number of nitrogens with one attached hydrogen (secondary N) is 2. The van der Waals surface area contributed by atoms with Crippen molar-refractivity contribution in [2.45, 2.75) is 65.3 Å². The molecule has 1 heterocycles. The van der Waals surface area contributed by atoms with Gasteiger partial charge in [0.05, 0.1) is 0 Å². The Kier molecular flexibility index (Phi) is 7.68. The van der Waals surface area contributed by atoms with Crippen LogP contribution in [0.1, 0.15) is 59.3 Å². The van der Waals surface area contributed by atoms with E-state index in [2.05, 4.69) is 41.3 Å². The smallest absolute Gasteiger partial charge is 0.191 e. The summed E-state index contributed by atoms with van der Waals surface area (Å²) in [5, 5.41) is 7.22. The molecule has 0 aromatic carbocycles. The molecule has 0 spiro atoms. The van der Waals surface area contributed by atoms with Crippen LogP contribution in [0.3, 0.4) is 0 Å². The molecule has 1 aliphatic heterocycles. The van der Waals surface area contributed by atoms with Crippen LogP contribution in [0.15, 0.2) is 4.99 Å². The average Bonchev–Trinajstić information content (AvgIpc) is 3.00. The highest BCUT2D eigenvalue weighted by molar-refractivity contribution is 5.79. The number of likely N-dealkylation sites (tertiary alicyclic amines) is 1. The molecule has 1 unspecified atom stereocenters. The Hall–Kier alpha value is -0.770. The van der Waals surface area contributed by atoms with Crippen LogP contribution in [0, 0.1) is 17.8 Å². The van der Waals surface area contributed by atoms with Gasteiger partial charge in [-0.15, -0.1) is 0 Å². The van der Waals surface area contributed by atoms with E-state index in [4.69, 9.17) is 0 Å². The first-order valence-electron chi connectivity index (χ1n) is 9.81. The normalized spacial score (nSPS) is 30.0. The standard InChI is InChI=1S/C19H38N4/c1-5-11-23-12-10-16(14-23)13-21-19(20-4)22-18-8-6-17(7-9-18)15(2)3/h15-18H,5-14H2,1-4H3,(H2,20,21,22). The van der Waals surface area contributed by atoms with Gasteiger partial charge in [-0.3, -0.25) is 4.99 Å². The maximum Gasteiger partial charge on any atom is 0.191 e. The number of guanidine groups is 1. The van der Waals surface area contributed by atoms with Crippen LogP contribution in [-0.4, -0.2) is 50.1 Å². The fourth-order valence-electron chi connectivity index (χ4n) is 4.16. The van der Waals surface area contributed by atoms with Gasteiger partial charge >= 0.3 is 0 Å². The lowest BCUT2D eigenvalue weighted by atomic mass is 9.80. The van der Waals surface area contributed by atoms with E-state index in [-0.39, 0.29) is 0 Å². The van der Waals surface area contributed by atoms with Crippen molar-refractivity contribution >= 4 is 5.96 Å². The summed E-state index contributed by atoms with van der Waals surface area (Å²) in [7, 11) is 1.90. The molecular weight excluding hydrogens is 284 g/mol. The molecule has 1 saturated heterocycles. The first-order chi connectivity index (χ1) is 11.1. The van der Waals surface area contributed by atoms with Crippen LogP contribution < -0.4 is 10.6 Å². The van der Waals surface area contributed by atoms with E-state index in [0.29, 0.717) is 6.04 Å². The Labute approximate surface area is 143 Å². The van der Waals surface area contributed by atoms with E-state index in [1.54, 1.807) is 0 Å². The number of hydrogen-bond donors (Lipinski definition) is 2. The minimum absolute atomic E-state index is 0.608. The number of rotatable bonds is 6. The van der Waals surface area contributed by atoms with Gasteiger partial charge in [0.1, 0.15) is 0 Å². The molecule has 134 valence electrons. The molecule has 0 radical (unpaired) electrons. The summed E-state index contributed by atoms with van der Waals surface area (Å²) in [4.78, 5) is 7.03. The van der Waals surface area contributed by atoms with Gasteiger partial charge in [-0.05, 0) is 69.4 Å². The van der Waals surface area contributed by atoms with E-state index in [1.807, 2.05) is 7.05 Å². The van der Waals surface area contributed by atoms with Gasteiger partial charge in [-0.2, -0.15) is 0 Å². The predicted octanol–water partition coefficient (Wildman–Crippen LogP) is 3.10. The van der Waals surface area contributed by atoms with Crippen molar-refractivity contribution in [3.8, 4) is 0 Å². The van der Waals surface area contributed by atoms with Gasteiger partial charge in [0, 0.05) is 26.2 Å². The maximum atomic E-state index is 4.43. The Bertz CT molecular complexity index is 358. The highest BCUT2D eigenvalue weighted by Crippen LogP contribution is 2.29. The Balaban J connectivity index is 1.66. The largest absolute Gasteiger partial charge is 0.356 e. The lowest BCUT2D eigenvalue weighted by molar-refractivity contribution is 0.250. The summed E-state index contributed by atoms with van der Waals surface area (Å²) in [6.07, 6.45) is 7.89. The van der Waals surface area contributed by atoms with Gasteiger partial charge in [-0.1, -0.05) is 20.8 Å². The second kappa shape index (κ2) is 9.51. The lowest BCUT2D eigenvalue weighted by Gasteiger charge is -2.32. The van der Waals surface area contributed by atoms with E-state index in [0.717, 1.165) is 30.3 Å². The fourth-order valence-corrected chi connectivity index (χ4v) is 4.16. The van der Waals surface area contributed by atoms with Crippen molar-refractivity contribution in [3.63, 3.8) is 0 Å². The summed E-state index contributed by atoms with van der Waals surface area (Å²) < 4.78 is 0. The molecule has 2 N–H and O–H groups in total. The maximum absolute atomic E-state index is 4.43. The molecule has 2 rings (SSSR count). The van der Waals surface area contributed by atoms with Crippen molar-refractivity contribution in [3.05, 3.63) is 0 Å². The zero-order valence-electron chi connectivity index (χ0n) is 15.8. The topological polar surface area (TPSA) is 39.7 Å². The van der Waals surface area contributed by atoms with Gasteiger partial charge in [0.15, 0.2) is 5.96 Å².